The van der Waals surface area contributed by atoms with Crippen LogP contribution in [-0.4, -0.2) is 36.2 Å². The molecule has 37 heavy (non-hydrogen) atoms. The van der Waals surface area contributed by atoms with Crippen LogP contribution in [0.2, 0.25) is 0 Å². The van der Waals surface area contributed by atoms with Crippen LogP contribution in [0.3, 0.4) is 0 Å². The number of fused-ring (bicyclic) bond motifs is 2. The highest BCUT2D eigenvalue weighted by Gasteiger charge is 2.45. The Kier molecular flexibility index (Phi) is 7.96. The highest BCUT2D eigenvalue weighted by molar-refractivity contribution is 14.1. The van der Waals surface area contributed by atoms with Crippen molar-refractivity contribution in [3.63, 3.8) is 0 Å². The first-order valence-corrected chi connectivity index (χ1v) is 15.7. The summed E-state index contributed by atoms with van der Waals surface area (Å²) in [5.74, 6) is -0.478. The van der Waals surface area contributed by atoms with Crippen molar-refractivity contribution >= 4 is 72.4 Å². The van der Waals surface area contributed by atoms with Gasteiger partial charge in [0.2, 0.25) is 5.69 Å². The predicted octanol–water partition coefficient (Wildman–Crippen LogP) is 7.10. The summed E-state index contributed by atoms with van der Waals surface area (Å²) in [6.07, 6.45) is 13.9. The number of anilines is 1. The second kappa shape index (κ2) is 10.4. The van der Waals surface area contributed by atoms with Gasteiger partial charge in [-0.1, -0.05) is 62.4 Å². The Morgan fingerprint density at radius 3 is 2.32 bits per heavy atom. The Balaban J connectivity index is 1.55. The fourth-order valence-corrected chi connectivity index (χ4v) is 8.46. The molecule has 0 spiro atoms. The highest BCUT2D eigenvalue weighted by atomic mass is 127. The van der Waals surface area contributed by atoms with E-state index in [1.807, 2.05) is 54.6 Å². The molecule has 0 aromatic heterocycles. The molecule has 0 fully saturated rings. The van der Waals surface area contributed by atoms with Gasteiger partial charge in [-0.15, -0.1) is 0 Å². The lowest BCUT2D eigenvalue weighted by molar-refractivity contribution is -0.416. The standard InChI is InChI=1S/C29H30I2N2O3S/c1-28(2)21-13-11-12-14-23(21)33(19-37(34,35)36)26(28)16-10-8-6-7-9-15-25-29(3,4)27-22(31)17-20(30)18-24(27)32(25)5/h6-18H,19H2,1-5H3/p+1. The normalized spacial score (nSPS) is 19.7. The molecule has 0 aliphatic carbocycles. The van der Waals surface area contributed by atoms with Crippen LogP contribution in [-0.2, 0) is 20.9 Å². The van der Waals surface area contributed by atoms with Gasteiger partial charge in [0.15, 0.2) is 5.71 Å². The number of para-hydroxylation sites is 1. The van der Waals surface area contributed by atoms with Gasteiger partial charge in [0.1, 0.15) is 0 Å². The largest absolute Gasteiger partial charge is 0.347 e. The van der Waals surface area contributed by atoms with Crippen molar-refractivity contribution in [1.29, 1.82) is 0 Å². The number of halogens is 2. The Morgan fingerprint density at radius 1 is 0.973 bits per heavy atom. The maximum absolute atomic E-state index is 11.7. The first-order valence-electron chi connectivity index (χ1n) is 11.9. The molecular weight excluding hydrogens is 710 g/mol. The van der Waals surface area contributed by atoms with Gasteiger partial charge in [0.25, 0.3) is 5.88 Å². The van der Waals surface area contributed by atoms with E-state index in [9.17, 15) is 13.0 Å². The zero-order chi connectivity index (χ0) is 27.2. The fraction of sp³-hybridized carbons (Fsp3) is 0.276. The number of likely N-dealkylation sites (N-methyl/N-ethyl adjacent to an activating group) is 1. The molecule has 0 unspecified atom stereocenters. The van der Waals surface area contributed by atoms with Crippen molar-refractivity contribution in [2.24, 2.45) is 0 Å². The van der Waals surface area contributed by atoms with E-state index in [1.165, 1.54) is 24.1 Å². The number of benzene rings is 2. The number of hydrogen-bond donors (Lipinski definition) is 1. The zero-order valence-electron chi connectivity index (χ0n) is 21.5. The average Bonchev–Trinajstić information content (AvgIpc) is 3.11. The number of allylic oxidation sites excluding steroid dienone is 8. The van der Waals surface area contributed by atoms with Crippen LogP contribution in [0.4, 0.5) is 11.4 Å². The van der Waals surface area contributed by atoms with E-state index < -0.39 is 21.4 Å². The zero-order valence-corrected chi connectivity index (χ0v) is 26.7. The van der Waals surface area contributed by atoms with E-state index in [-0.39, 0.29) is 5.41 Å². The topological polar surface area (TPSA) is 60.6 Å². The van der Waals surface area contributed by atoms with E-state index in [1.54, 1.807) is 4.58 Å². The van der Waals surface area contributed by atoms with E-state index in [0.717, 1.165) is 17.0 Å². The number of hydrogen-bond acceptors (Lipinski definition) is 3. The summed E-state index contributed by atoms with van der Waals surface area (Å²) in [6, 6.07) is 12.2. The summed E-state index contributed by atoms with van der Waals surface area (Å²) in [4.78, 5) is 2.27. The minimum Gasteiger partial charge on any atom is -0.347 e. The van der Waals surface area contributed by atoms with E-state index in [4.69, 9.17) is 0 Å². The van der Waals surface area contributed by atoms with Gasteiger partial charge in [-0.05, 0) is 77.2 Å². The summed E-state index contributed by atoms with van der Waals surface area (Å²) >= 11 is 4.81. The number of rotatable bonds is 6. The van der Waals surface area contributed by atoms with Crippen LogP contribution in [0.15, 0.2) is 84.6 Å². The summed E-state index contributed by atoms with van der Waals surface area (Å²) in [5, 5.41) is 0. The molecule has 2 aromatic rings. The molecule has 2 aliphatic heterocycles. The van der Waals surface area contributed by atoms with Crippen LogP contribution in [0.5, 0.6) is 0 Å². The molecule has 0 saturated carbocycles. The summed E-state index contributed by atoms with van der Waals surface area (Å²) in [7, 11) is -2.07. The first-order chi connectivity index (χ1) is 17.2. The van der Waals surface area contributed by atoms with Crippen molar-refractivity contribution in [2.75, 3.05) is 17.8 Å². The molecule has 194 valence electrons. The molecule has 2 aliphatic rings. The minimum absolute atomic E-state index is 0.0882. The molecule has 0 bridgehead atoms. The minimum atomic E-state index is -4.19. The van der Waals surface area contributed by atoms with Gasteiger partial charge in [0.05, 0.1) is 5.41 Å². The average molecular weight is 741 g/mol. The van der Waals surface area contributed by atoms with Gasteiger partial charge >= 0.3 is 10.1 Å². The van der Waals surface area contributed by atoms with Crippen molar-refractivity contribution in [3.05, 3.63) is 103 Å². The Hall–Kier alpha value is -1.76. The molecule has 0 atom stereocenters. The number of nitrogens with zero attached hydrogens (tertiary/aromatic N) is 2. The van der Waals surface area contributed by atoms with Crippen LogP contribution in [0.1, 0.15) is 38.8 Å². The molecule has 5 nitrogen and oxygen atoms in total. The van der Waals surface area contributed by atoms with Gasteiger partial charge in [-0.3, -0.25) is 4.55 Å². The molecule has 0 radical (unpaired) electrons. The van der Waals surface area contributed by atoms with Gasteiger partial charge in [-0.2, -0.15) is 13.0 Å². The van der Waals surface area contributed by atoms with Crippen LogP contribution >= 0.6 is 45.2 Å². The van der Waals surface area contributed by atoms with Crippen molar-refractivity contribution in [2.45, 2.75) is 38.5 Å². The predicted molar refractivity (Wildman–Crippen MR) is 170 cm³/mol. The van der Waals surface area contributed by atoms with E-state index in [0.29, 0.717) is 0 Å². The fourth-order valence-electron chi connectivity index (χ4n) is 5.37. The Morgan fingerprint density at radius 2 is 1.62 bits per heavy atom. The summed E-state index contributed by atoms with van der Waals surface area (Å²) < 4.78 is 37.2. The third-order valence-corrected chi connectivity index (χ3v) is 9.12. The highest BCUT2D eigenvalue weighted by Crippen LogP contribution is 2.49. The lowest BCUT2D eigenvalue weighted by Gasteiger charge is -2.24. The maximum atomic E-state index is 11.7. The molecule has 0 amide bonds. The SMILES string of the molecule is CN1C(=CC=CC=CC=CC2=[N+](CS(=O)(=O)O)c3ccccc3C2(C)C)C(C)(C)c2c(I)cc(I)cc21. The van der Waals surface area contributed by atoms with Crippen molar-refractivity contribution in [3.8, 4) is 0 Å². The molecule has 8 heteroatoms. The monoisotopic (exact) mass is 741 g/mol. The smallest absolute Gasteiger partial charge is 0.326 e. The van der Waals surface area contributed by atoms with Gasteiger partial charge < -0.3 is 4.90 Å². The van der Waals surface area contributed by atoms with Crippen LogP contribution in [0.25, 0.3) is 0 Å². The Bertz CT molecular complexity index is 1510. The van der Waals surface area contributed by atoms with Gasteiger partial charge in [-0.25, -0.2) is 0 Å². The Labute approximate surface area is 247 Å². The van der Waals surface area contributed by atoms with Crippen molar-refractivity contribution in [1.82, 2.24) is 0 Å². The molecule has 4 rings (SSSR count). The molecule has 2 heterocycles. The third kappa shape index (κ3) is 5.53. The first kappa shape index (κ1) is 28.3. The molecule has 0 saturated heterocycles. The van der Waals surface area contributed by atoms with Gasteiger partial charge in [0, 0.05) is 54.3 Å². The summed E-state index contributed by atoms with van der Waals surface area (Å²) in [5.41, 5.74) is 6.02. The second-order valence-corrected chi connectivity index (χ2v) is 14.1. The second-order valence-electron chi connectivity index (χ2n) is 10.3. The molecule has 2 aromatic carbocycles. The van der Waals surface area contributed by atoms with Crippen LogP contribution in [0, 0.1) is 7.14 Å². The molecule has 1 N–H and O–H groups in total. The lowest BCUT2D eigenvalue weighted by Crippen LogP contribution is -2.29. The maximum Gasteiger partial charge on any atom is 0.326 e. The lowest BCUT2D eigenvalue weighted by atomic mass is 9.81. The summed E-state index contributed by atoms with van der Waals surface area (Å²) in [6.45, 7) is 8.65. The van der Waals surface area contributed by atoms with Crippen LogP contribution < -0.4 is 4.90 Å². The quantitative estimate of drug-likeness (QED) is 0.149. The van der Waals surface area contributed by atoms with E-state index in [2.05, 4.69) is 109 Å². The third-order valence-electron chi connectivity index (χ3n) is 7.07. The van der Waals surface area contributed by atoms with E-state index >= 15 is 0 Å². The van der Waals surface area contributed by atoms with Crippen molar-refractivity contribution < 1.29 is 17.5 Å². The molecular formula is C29H31I2N2O3S+.